The number of nitrogens with one attached hydrogen (secondary N) is 2. The van der Waals surface area contributed by atoms with Crippen molar-refractivity contribution in [2.24, 2.45) is 17.8 Å². The number of benzene rings is 2. The van der Waals surface area contributed by atoms with Crippen LogP contribution in [0, 0.1) is 17.8 Å². The van der Waals surface area contributed by atoms with Gasteiger partial charge in [0.1, 0.15) is 6.61 Å². The van der Waals surface area contributed by atoms with E-state index in [0.717, 1.165) is 35.1 Å². The molecule has 2 aliphatic rings. The van der Waals surface area contributed by atoms with Gasteiger partial charge < -0.3 is 20.5 Å². The molecule has 2 aromatic rings. The second-order valence-electron chi connectivity index (χ2n) is 9.51. The lowest BCUT2D eigenvalue weighted by Gasteiger charge is -2.23. The van der Waals surface area contributed by atoms with Crippen LogP contribution in [-0.2, 0) is 14.3 Å². The standard InChI is InChI=1S/C27H32N2O5/c1-16(26(31)32)17(2)29-25(30)19(13-18-11-12-18)14-28-27(33)34-15-24-22-9-5-3-7-20(22)21-8-4-6-10-23(21)24/h3-10,16-19,24H,11-15H2,1-2H3,(H,28,33)(H,29,30)(H,31,32). The molecule has 2 aliphatic carbocycles. The average Bonchev–Trinajstić information content (AvgIpc) is 3.60. The molecule has 2 amide bonds. The maximum Gasteiger partial charge on any atom is 0.407 e. The number of amides is 2. The fraction of sp³-hybridized carbons (Fsp3) is 0.444. The highest BCUT2D eigenvalue weighted by Gasteiger charge is 2.32. The van der Waals surface area contributed by atoms with E-state index in [1.54, 1.807) is 13.8 Å². The molecule has 7 nitrogen and oxygen atoms in total. The van der Waals surface area contributed by atoms with Crippen molar-refractivity contribution in [2.75, 3.05) is 13.2 Å². The van der Waals surface area contributed by atoms with E-state index in [4.69, 9.17) is 4.74 Å². The van der Waals surface area contributed by atoms with Crippen LogP contribution in [0.1, 0.15) is 50.2 Å². The third kappa shape index (κ3) is 5.41. The fourth-order valence-electron chi connectivity index (χ4n) is 4.58. The van der Waals surface area contributed by atoms with E-state index in [-0.39, 0.29) is 25.0 Å². The SMILES string of the molecule is CC(NC(=O)C(CNC(=O)OCC1c2ccccc2-c2ccccc21)CC1CC1)C(C)C(=O)O. The number of rotatable bonds is 10. The van der Waals surface area contributed by atoms with Crippen LogP contribution in [0.3, 0.4) is 0 Å². The van der Waals surface area contributed by atoms with Gasteiger partial charge in [0.25, 0.3) is 0 Å². The number of ether oxygens (including phenoxy) is 1. The number of carboxylic acid groups (broad SMARTS) is 1. The van der Waals surface area contributed by atoms with Gasteiger partial charge in [-0.05, 0) is 48.4 Å². The van der Waals surface area contributed by atoms with Crippen molar-refractivity contribution in [1.82, 2.24) is 10.6 Å². The minimum atomic E-state index is -0.955. The molecule has 180 valence electrons. The Morgan fingerprint density at radius 2 is 1.59 bits per heavy atom. The molecule has 0 spiro atoms. The van der Waals surface area contributed by atoms with Crippen molar-refractivity contribution in [1.29, 1.82) is 0 Å². The summed E-state index contributed by atoms with van der Waals surface area (Å²) in [6.45, 7) is 3.63. The number of fused-ring (bicyclic) bond motifs is 3. The number of hydrogen-bond acceptors (Lipinski definition) is 4. The molecule has 3 unspecified atom stereocenters. The Labute approximate surface area is 199 Å². The first-order valence-corrected chi connectivity index (χ1v) is 12.0. The van der Waals surface area contributed by atoms with Crippen LogP contribution in [-0.4, -0.2) is 42.3 Å². The van der Waals surface area contributed by atoms with E-state index >= 15 is 0 Å². The molecule has 3 N–H and O–H groups in total. The Balaban J connectivity index is 1.33. The van der Waals surface area contributed by atoms with Crippen molar-refractivity contribution >= 4 is 18.0 Å². The van der Waals surface area contributed by atoms with Gasteiger partial charge in [0, 0.05) is 18.5 Å². The molecule has 1 fully saturated rings. The molecule has 0 aromatic heterocycles. The predicted molar refractivity (Wildman–Crippen MR) is 128 cm³/mol. The number of carbonyl (C=O) groups is 3. The molecule has 34 heavy (non-hydrogen) atoms. The summed E-state index contributed by atoms with van der Waals surface area (Å²) in [7, 11) is 0. The maximum atomic E-state index is 12.8. The number of alkyl carbamates (subject to hydrolysis) is 1. The molecule has 0 heterocycles. The Hall–Kier alpha value is -3.35. The zero-order chi connectivity index (χ0) is 24.2. The smallest absolute Gasteiger partial charge is 0.407 e. The minimum absolute atomic E-state index is 0.0259. The highest BCUT2D eigenvalue weighted by Crippen LogP contribution is 2.44. The number of carbonyl (C=O) groups excluding carboxylic acids is 2. The van der Waals surface area contributed by atoms with E-state index in [2.05, 4.69) is 34.9 Å². The Morgan fingerprint density at radius 3 is 2.15 bits per heavy atom. The van der Waals surface area contributed by atoms with E-state index < -0.39 is 29.9 Å². The lowest BCUT2D eigenvalue weighted by Crippen LogP contribution is -2.46. The van der Waals surface area contributed by atoms with Gasteiger partial charge in [0.15, 0.2) is 0 Å². The van der Waals surface area contributed by atoms with Gasteiger partial charge in [-0.15, -0.1) is 0 Å². The molecule has 3 atom stereocenters. The van der Waals surface area contributed by atoms with Gasteiger partial charge >= 0.3 is 12.1 Å². The first-order chi connectivity index (χ1) is 16.3. The third-order valence-electron chi connectivity index (χ3n) is 7.03. The van der Waals surface area contributed by atoms with Crippen LogP contribution < -0.4 is 10.6 Å². The quantitative estimate of drug-likeness (QED) is 0.490. The predicted octanol–water partition coefficient (Wildman–Crippen LogP) is 4.17. The third-order valence-corrected chi connectivity index (χ3v) is 7.03. The Bertz CT molecular complexity index is 1020. The lowest BCUT2D eigenvalue weighted by molar-refractivity contribution is -0.142. The van der Waals surface area contributed by atoms with Crippen molar-refractivity contribution < 1.29 is 24.2 Å². The summed E-state index contributed by atoms with van der Waals surface area (Å²) in [6.07, 6.45) is 2.28. The summed E-state index contributed by atoms with van der Waals surface area (Å²) in [6, 6.07) is 15.8. The zero-order valence-electron chi connectivity index (χ0n) is 19.6. The Morgan fingerprint density at radius 1 is 1.00 bits per heavy atom. The van der Waals surface area contributed by atoms with Crippen LogP contribution in [0.25, 0.3) is 11.1 Å². The van der Waals surface area contributed by atoms with Crippen molar-refractivity contribution in [3.63, 3.8) is 0 Å². The fourth-order valence-corrected chi connectivity index (χ4v) is 4.58. The molecule has 7 heteroatoms. The first-order valence-electron chi connectivity index (χ1n) is 12.0. The molecular formula is C27H32N2O5. The molecule has 4 rings (SSSR count). The highest BCUT2D eigenvalue weighted by atomic mass is 16.5. The van der Waals surface area contributed by atoms with Crippen LogP contribution in [0.4, 0.5) is 4.79 Å². The molecule has 0 bridgehead atoms. The zero-order valence-corrected chi connectivity index (χ0v) is 19.6. The molecule has 0 radical (unpaired) electrons. The maximum absolute atomic E-state index is 12.8. The van der Waals surface area contributed by atoms with Crippen molar-refractivity contribution in [3.8, 4) is 11.1 Å². The van der Waals surface area contributed by atoms with Crippen LogP contribution >= 0.6 is 0 Å². The second kappa shape index (κ2) is 10.3. The van der Waals surface area contributed by atoms with Gasteiger partial charge in [-0.3, -0.25) is 9.59 Å². The molecule has 1 saturated carbocycles. The van der Waals surface area contributed by atoms with Gasteiger partial charge in [0.05, 0.1) is 11.8 Å². The van der Waals surface area contributed by atoms with E-state index in [0.29, 0.717) is 12.3 Å². The topological polar surface area (TPSA) is 105 Å². The molecule has 0 saturated heterocycles. The minimum Gasteiger partial charge on any atom is -0.481 e. The normalized spacial score (nSPS) is 17.1. The Kier molecular flexibility index (Phi) is 7.20. The summed E-state index contributed by atoms with van der Waals surface area (Å²) in [5.74, 6) is -1.85. The average molecular weight is 465 g/mol. The summed E-state index contributed by atoms with van der Waals surface area (Å²) in [5, 5.41) is 14.7. The summed E-state index contributed by atoms with van der Waals surface area (Å²) >= 11 is 0. The number of carboxylic acids is 1. The van der Waals surface area contributed by atoms with Gasteiger partial charge in [-0.1, -0.05) is 61.4 Å². The van der Waals surface area contributed by atoms with Crippen LogP contribution in [0.2, 0.25) is 0 Å². The first kappa shape index (κ1) is 23.8. The van der Waals surface area contributed by atoms with Crippen LogP contribution in [0.15, 0.2) is 48.5 Å². The monoisotopic (exact) mass is 464 g/mol. The molecular weight excluding hydrogens is 432 g/mol. The van der Waals surface area contributed by atoms with E-state index in [1.165, 1.54) is 0 Å². The van der Waals surface area contributed by atoms with Crippen molar-refractivity contribution in [2.45, 2.75) is 45.1 Å². The van der Waals surface area contributed by atoms with Gasteiger partial charge in [-0.25, -0.2) is 4.79 Å². The van der Waals surface area contributed by atoms with Crippen LogP contribution in [0.5, 0.6) is 0 Å². The largest absolute Gasteiger partial charge is 0.481 e. The summed E-state index contributed by atoms with van der Waals surface area (Å²) in [4.78, 5) is 36.5. The molecule has 2 aromatic carbocycles. The number of hydrogen-bond donors (Lipinski definition) is 3. The lowest BCUT2D eigenvalue weighted by atomic mass is 9.98. The van der Waals surface area contributed by atoms with E-state index in [1.807, 2.05) is 24.3 Å². The van der Waals surface area contributed by atoms with Gasteiger partial charge in [-0.2, -0.15) is 0 Å². The summed E-state index contributed by atoms with van der Waals surface area (Å²) < 4.78 is 5.58. The second-order valence-corrected chi connectivity index (χ2v) is 9.51. The number of aliphatic carboxylic acids is 1. The summed E-state index contributed by atoms with van der Waals surface area (Å²) in [5.41, 5.74) is 4.61. The highest BCUT2D eigenvalue weighted by molar-refractivity contribution is 5.81. The van der Waals surface area contributed by atoms with Crippen molar-refractivity contribution in [3.05, 3.63) is 59.7 Å². The van der Waals surface area contributed by atoms with Gasteiger partial charge in [0.2, 0.25) is 5.91 Å². The van der Waals surface area contributed by atoms with E-state index in [9.17, 15) is 19.5 Å². The molecule has 0 aliphatic heterocycles.